The molecule has 2 aromatic rings. The molecule has 1 aliphatic rings. The Labute approximate surface area is 166 Å². The SMILES string of the molecule is Cc1ccc(CCC(=O)N2CCC(NC(=O)c3ccccc3S)CC2)cc1. The highest BCUT2D eigenvalue weighted by Crippen LogP contribution is 2.16. The van der Waals surface area contributed by atoms with Gasteiger partial charge in [-0.3, -0.25) is 9.59 Å². The number of nitrogens with one attached hydrogen (secondary N) is 1. The summed E-state index contributed by atoms with van der Waals surface area (Å²) in [7, 11) is 0. The number of piperidine rings is 1. The third kappa shape index (κ3) is 5.36. The van der Waals surface area contributed by atoms with Gasteiger partial charge in [0.15, 0.2) is 0 Å². The minimum atomic E-state index is -0.0928. The molecule has 142 valence electrons. The van der Waals surface area contributed by atoms with Crippen molar-refractivity contribution in [2.24, 2.45) is 0 Å². The molecule has 0 spiro atoms. The molecule has 3 rings (SSSR count). The van der Waals surface area contributed by atoms with Crippen LogP contribution < -0.4 is 5.32 Å². The molecule has 27 heavy (non-hydrogen) atoms. The van der Waals surface area contributed by atoms with Gasteiger partial charge in [0.25, 0.3) is 5.91 Å². The molecule has 0 saturated carbocycles. The summed E-state index contributed by atoms with van der Waals surface area (Å²) >= 11 is 4.34. The summed E-state index contributed by atoms with van der Waals surface area (Å²) in [6, 6.07) is 15.7. The highest BCUT2D eigenvalue weighted by atomic mass is 32.1. The lowest BCUT2D eigenvalue weighted by Crippen LogP contribution is -2.46. The number of benzene rings is 2. The summed E-state index contributed by atoms with van der Waals surface area (Å²) in [4.78, 5) is 27.5. The van der Waals surface area contributed by atoms with Crippen LogP contribution in [0.2, 0.25) is 0 Å². The Kier molecular flexibility index (Phi) is 6.56. The van der Waals surface area contributed by atoms with Crippen LogP contribution in [0, 0.1) is 6.92 Å². The zero-order valence-corrected chi connectivity index (χ0v) is 16.5. The van der Waals surface area contributed by atoms with Gasteiger partial charge in [-0.25, -0.2) is 0 Å². The average molecular weight is 383 g/mol. The van der Waals surface area contributed by atoms with Crippen molar-refractivity contribution in [2.75, 3.05) is 13.1 Å². The summed E-state index contributed by atoms with van der Waals surface area (Å²) < 4.78 is 0. The quantitative estimate of drug-likeness (QED) is 0.776. The molecule has 1 heterocycles. The largest absolute Gasteiger partial charge is 0.349 e. The molecule has 1 fully saturated rings. The van der Waals surface area contributed by atoms with Gasteiger partial charge in [-0.05, 0) is 43.9 Å². The summed E-state index contributed by atoms with van der Waals surface area (Å²) in [6.45, 7) is 3.45. The molecule has 1 saturated heterocycles. The number of aryl methyl sites for hydroxylation is 2. The van der Waals surface area contributed by atoms with Gasteiger partial charge in [0.2, 0.25) is 5.91 Å². The van der Waals surface area contributed by atoms with E-state index in [9.17, 15) is 9.59 Å². The zero-order chi connectivity index (χ0) is 19.2. The molecule has 0 aromatic heterocycles. The van der Waals surface area contributed by atoms with Gasteiger partial charge in [0.1, 0.15) is 0 Å². The van der Waals surface area contributed by atoms with E-state index in [1.54, 1.807) is 6.07 Å². The number of hydrogen-bond acceptors (Lipinski definition) is 3. The minimum Gasteiger partial charge on any atom is -0.349 e. The molecule has 0 atom stereocenters. The Hall–Kier alpha value is -2.27. The Morgan fingerprint density at radius 2 is 1.74 bits per heavy atom. The van der Waals surface area contributed by atoms with Crippen molar-refractivity contribution in [3.8, 4) is 0 Å². The Bertz CT molecular complexity index is 796. The maximum absolute atomic E-state index is 12.5. The van der Waals surface area contributed by atoms with Crippen molar-refractivity contribution >= 4 is 24.4 Å². The first-order valence-corrected chi connectivity index (χ1v) is 9.90. The number of likely N-dealkylation sites (tertiary alicyclic amines) is 1. The second kappa shape index (κ2) is 9.09. The molecule has 1 N–H and O–H groups in total. The Balaban J connectivity index is 1.44. The molecule has 2 aromatic carbocycles. The maximum atomic E-state index is 12.5. The molecule has 0 aliphatic carbocycles. The predicted molar refractivity (Wildman–Crippen MR) is 110 cm³/mol. The van der Waals surface area contributed by atoms with Crippen LogP contribution >= 0.6 is 12.6 Å². The number of hydrogen-bond donors (Lipinski definition) is 2. The van der Waals surface area contributed by atoms with Gasteiger partial charge in [-0.2, -0.15) is 0 Å². The van der Waals surface area contributed by atoms with Gasteiger partial charge in [-0.1, -0.05) is 42.0 Å². The third-order valence-corrected chi connectivity index (χ3v) is 5.47. The normalized spacial score (nSPS) is 14.8. The fourth-order valence-corrected chi connectivity index (χ4v) is 3.63. The summed E-state index contributed by atoms with van der Waals surface area (Å²) in [5, 5.41) is 3.07. The minimum absolute atomic E-state index is 0.0928. The number of thiol groups is 1. The standard InChI is InChI=1S/C22H26N2O2S/c1-16-6-8-17(9-7-16)10-11-21(25)24-14-12-18(13-15-24)23-22(26)19-4-2-3-5-20(19)27/h2-9,18,27H,10-15H2,1H3,(H,23,26). The zero-order valence-electron chi connectivity index (χ0n) is 15.6. The number of amides is 2. The average Bonchev–Trinajstić information content (AvgIpc) is 2.68. The van der Waals surface area contributed by atoms with E-state index in [4.69, 9.17) is 0 Å². The van der Waals surface area contributed by atoms with Crippen LogP contribution in [0.4, 0.5) is 0 Å². The highest BCUT2D eigenvalue weighted by Gasteiger charge is 2.24. The van der Waals surface area contributed by atoms with Crippen LogP contribution in [0.3, 0.4) is 0 Å². The number of nitrogens with zero attached hydrogens (tertiary/aromatic N) is 1. The summed E-state index contributed by atoms with van der Waals surface area (Å²) in [5.41, 5.74) is 3.02. The van der Waals surface area contributed by atoms with Crippen LogP contribution in [0.15, 0.2) is 53.4 Å². The molecule has 0 unspecified atom stereocenters. The monoisotopic (exact) mass is 382 g/mol. The van der Waals surface area contributed by atoms with Crippen molar-refractivity contribution in [1.29, 1.82) is 0 Å². The topological polar surface area (TPSA) is 49.4 Å². The molecule has 0 radical (unpaired) electrons. The first kappa shape index (κ1) is 19.5. The molecule has 4 nitrogen and oxygen atoms in total. The van der Waals surface area contributed by atoms with E-state index in [0.29, 0.717) is 30.0 Å². The van der Waals surface area contributed by atoms with E-state index in [1.165, 1.54) is 11.1 Å². The molecule has 5 heteroatoms. The molecule has 2 amide bonds. The van der Waals surface area contributed by atoms with Gasteiger partial charge in [-0.15, -0.1) is 12.6 Å². The van der Waals surface area contributed by atoms with Crippen molar-refractivity contribution in [3.05, 3.63) is 65.2 Å². The number of carbonyl (C=O) groups is 2. The lowest BCUT2D eigenvalue weighted by Gasteiger charge is -2.32. The smallest absolute Gasteiger partial charge is 0.252 e. The number of rotatable bonds is 5. The second-order valence-corrected chi connectivity index (χ2v) is 7.61. The van der Waals surface area contributed by atoms with Crippen molar-refractivity contribution in [2.45, 2.75) is 43.5 Å². The third-order valence-electron chi connectivity index (χ3n) is 5.08. The van der Waals surface area contributed by atoms with Crippen LogP contribution in [-0.4, -0.2) is 35.8 Å². The van der Waals surface area contributed by atoms with Crippen LogP contribution in [0.5, 0.6) is 0 Å². The Morgan fingerprint density at radius 3 is 2.41 bits per heavy atom. The molecule has 1 aliphatic heterocycles. The van der Waals surface area contributed by atoms with E-state index >= 15 is 0 Å². The van der Waals surface area contributed by atoms with Crippen LogP contribution in [-0.2, 0) is 11.2 Å². The van der Waals surface area contributed by atoms with Crippen LogP contribution in [0.25, 0.3) is 0 Å². The fourth-order valence-electron chi connectivity index (χ4n) is 3.37. The fraction of sp³-hybridized carbons (Fsp3) is 0.364. The van der Waals surface area contributed by atoms with Crippen LogP contribution in [0.1, 0.15) is 40.7 Å². The van der Waals surface area contributed by atoms with Crippen molar-refractivity contribution in [1.82, 2.24) is 10.2 Å². The van der Waals surface area contributed by atoms with Crippen molar-refractivity contribution in [3.63, 3.8) is 0 Å². The first-order valence-electron chi connectivity index (χ1n) is 9.45. The lowest BCUT2D eigenvalue weighted by molar-refractivity contribution is -0.132. The van der Waals surface area contributed by atoms with Gasteiger partial charge in [0.05, 0.1) is 5.56 Å². The molecular weight excluding hydrogens is 356 g/mol. The van der Waals surface area contributed by atoms with E-state index in [1.807, 2.05) is 23.1 Å². The first-order chi connectivity index (χ1) is 13.0. The van der Waals surface area contributed by atoms with Crippen molar-refractivity contribution < 1.29 is 9.59 Å². The van der Waals surface area contributed by atoms with Gasteiger partial charge in [0, 0.05) is 30.4 Å². The van der Waals surface area contributed by atoms with E-state index < -0.39 is 0 Å². The highest BCUT2D eigenvalue weighted by molar-refractivity contribution is 7.80. The van der Waals surface area contributed by atoms with E-state index in [2.05, 4.69) is 49.1 Å². The predicted octanol–water partition coefficient (Wildman–Crippen LogP) is 3.64. The number of carbonyl (C=O) groups excluding carboxylic acids is 2. The lowest BCUT2D eigenvalue weighted by atomic mass is 10.0. The Morgan fingerprint density at radius 1 is 1.07 bits per heavy atom. The van der Waals surface area contributed by atoms with Gasteiger partial charge < -0.3 is 10.2 Å². The molecular formula is C22H26N2O2S. The summed E-state index contributed by atoms with van der Waals surface area (Å²) in [6.07, 6.45) is 2.88. The molecule has 0 bridgehead atoms. The van der Waals surface area contributed by atoms with E-state index in [-0.39, 0.29) is 17.9 Å². The summed E-state index contributed by atoms with van der Waals surface area (Å²) in [5.74, 6) is 0.103. The second-order valence-electron chi connectivity index (χ2n) is 7.13. The van der Waals surface area contributed by atoms with E-state index in [0.717, 1.165) is 19.3 Å². The van der Waals surface area contributed by atoms with Gasteiger partial charge >= 0.3 is 0 Å². The maximum Gasteiger partial charge on any atom is 0.252 e.